The average Bonchev–Trinajstić information content (AvgIpc) is 2.46. The van der Waals surface area contributed by atoms with Crippen LogP contribution in [0.3, 0.4) is 0 Å². The molecule has 0 aromatic heterocycles. The third-order valence-corrected chi connectivity index (χ3v) is 5.62. The van der Waals surface area contributed by atoms with Crippen LogP contribution in [0.2, 0.25) is 0 Å². The summed E-state index contributed by atoms with van der Waals surface area (Å²) < 4.78 is 17.6. The fourth-order valence-electron chi connectivity index (χ4n) is 2.44. The molecule has 1 fully saturated rings. The highest BCUT2D eigenvalue weighted by atomic mass is 32.2. The molecule has 0 aromatic rings. The molecule has 1 unspecified atom stereocenters. The van der Waals surface area contributed by atoms with Crippen molar-refractivity contribution in [2.45, 2.75) is 58.3 Å². The third kappa shape index (κ3) is 6.65. The van der Waals surface area contributed by atoms with E-state index in [1.807, 2.05) is 27.7 Å². The van der Waals surface area contributed by atoms with Crippen LogP contribution in [-0.2, 0) is 15.5 Å². The van der Waals surface area contributed by atoms with E-state index in [9.17, 15) is 4.21 Å². The van der Waals surface area contributed by atoms with Crippen LogP contribution in [0.4, 0.5) is 0 Å². The highest BCUT2D eigenvalue weighted by molar-refractivity contribution is 7.86. The maximum atomic E-state index is 12.1. The van der Waals surface area contributed by atoms with Crippen molar-refractivity contribution in [1.82, 2.24) is 10.2 Å². The van der Waals surface area contributed by atoms with Crippen molar-refractivity contribution in [3.8, 4) is 0 Å². The lowest BCUT2D eigenvalue weighted by molar-refractivity contribution is 0.0264. The summed E-state index contributed by atoms with van der Waals surface area (Å²) in [4.78, 5) is 6.95. The van der Waals surface area contributed by atoms with Crippen molar-refractivity contribution in [3.63, 3.8) is 0 Å². The monoisotopic (exact) mass is 331 g/mol. The number of rotatable bonds is 6. The summed E-state index contributed by atoms with van der Waals surface area (Å²) in [5.41, 5.74) is 0. The molecule has 1 saturated heterocycles. The molecule has 1 aliphatic heterocycles. The summed E-state index contributed by atoms with van der Waals surface area (Å²) in [6.45, 7) is 14.4. The van der Waals surface area contributed by atoms with Gasteiger partial charge in [0.1, 0.15) is 0 Å². The minimum Gasteiger partial charge on any atom is -0.378 e. The SMILES string of the molecule is CCNC(=NCCS(=O)C(C)(C)C)N1CCC(OCC)CC1. The predicted octanol–water partition coefficient (Wildman–Crippen LogP) is 2.00. The van der Waals surface area contributed by atoms with Crippen molar-refractivity contribution in [1.29, 1.82) is 0 Å². The topological polar surface area (TPSA) is 53.9 Å². The van der Waals surface area contributed by atoms with E-state index in [-0.39, 0.29) is 4.75 Å². The van der Waals surface area contributed by atoms with Crippen LogP contribution in [0.1, 0.15) is 47.5 Å². The fraction of sp³-hybridized carbons (Fsp3) is 0.938. The quantitative estimate of drug-likeness (QED) is 0.597. The highest BCUT2D eigenvalue weighted by Gasteiger charge is 2.22. The smallest absolute Gasteiger partial charge is 0.193 e. The van der Waals surface area contributed by atoms with Crippen LogP contribution in [0.5, 0.6) is 0 Å². The standard InChI is InChI=1S/C16H33N3O2S/c1-6-17-15(18-10-13-22(20)16(3,4)5)19-11-8-14(9-12-19)21-7-2/h14H,6-13H2,1-5H3,(H,17,18). The summed E-state index contributed by atoms with van der Waals surface area (Å²) in [7, 11) is -0.844. The molecule has 1 atom stereocenters. The van der Waals surface area contributed by atoms with Gasteiger partial charge in [-0.3, -0.25) is 9.20 Å². The van der Waals surface area contributed by atoms with E-state index in [1.54, 1.807) is 0 Å². The Bertz CT molecular complexity index is 372. The molecule has 0 spiro atoms. The Morgan fingerprint density at radius 2 is 1.95 bits per heavy atom. The summed E-state index contributed by atoms with van der Waals surface area (Å²) >= 11 is 0. The molecule has 130 valence electrons. The Hall–Kier alpha value is -0.620. The fourth-order valence-corrected chi connectivity index (χ4v) is 3.31. The van der Waals surface area contributed by atoms with Gasteiger partial charge in [0, 0.05) is 47.5 Å². The highest BCUT2D eigenvalue weighted by Crippen LogP contribution is 2.14. The second-order valence-corrected chi connectivity index (χ2v) is 8.86. The van der Waals surface area contributed by atoms with Crippen molar-refractivity contribution in [2.24, 2.45) is 4.99 Å². The molecular weight excluding hydrogens is 298 g/mol. The van der Waals surface area contributed by atoms with Gasteiger partial charge in [0.25, 0.3) is 0 Å². The van der Waals surface area contributed by atoms with Crippen LogP contribution in [0.25, 0.3) is 0 Å². The van der Waals surface area contributed by atoms with E-state index in [1.165, 1.54) is 0 Å². The lowest BCUT2D eigenvalue weighted by Crippen LogP contribution is -2.47. The molecule has 1 aliphatic rings. The molecule has 0 aromatic carbocycles. The van der Waals surface area contributed by atoms with Gasteiger partial charge >= 0.3 is 0 Å². The van der Waals surface area contributed by atoms with E-state index >= 15 is 0 Å². The van der Waals surface area contributed by atoms with E-state index < -0.39 is 10.8 Å². The number of ether oxygens (including phenoxy) is 1. The predicted molar refractivity (Wildman–Crippen MR) is 95.0 cm³/mol. The Kier molecular flexibility index (Phi) is 8.39. The second-order valence-electron chi connectivity index (χ2n) is 6.54. The minimum absolute atomic E-state index is 0.163. The Morgan fingerprint density at radius 3 is 2.45 bits per heavy atom. The van der Waals surface area contributed by atoms with Crippen molar-refractivity contribution < 1.29 is 8.95 Å². The zero-order valence-corrected chi connectivity index (χ0v) is 15.7. The van der Waals surface area contributed by atoms with Gasteiger partial charge in [0.2, 0.25) is 0 Å². The van der Waals surface area contributed by atoms with Crippen LogP contribution in [-0.4, -0.2) is 64.5 Å². The number of guanidine groups is 1. The summed E-state index contributed by atoms with van der Waals surface area (Å²) in [5.74, 6) is 1.57. The maximum Gasteiger partial charge on any atom is 0.193 e. The van der Waals surface area contributed by atoms with Gasteiger partial charge in [0.15, 0.2) is 5.96 Å². The zero-order valence-electron chi connectivity index (χ0n) is 14.9. The number of piperidine rings is 1. The van der Waals surface area contributed by atoms with Crippen LogP contribution in [0, 0.1) is 0 Å². The second kappa shape index (κ2) is 9.50. The molecule has 5 nitrogen and oxygen atoms in total. The lowest BCUT2D eigenvalue weighted by Gasteiger charge is -2.34. The number of nitrogens with zero attached hydrogens (tertiary/aromatic N) is 2. The van der Waals surface area contributed by atoms with Gasteiger partial charge in [0.05, 0.1) is 12.6 Å². The number of nitrogens with one attached hydrogen (secondary N) is 1. The molecule has 6 heteroatoms. The molecule has 0 aliphatic carbocycles. The summed E-state index contributed by atoms with van der Waals surface area (Å²) in [5, 5.41) is 3.35. The van der Waals surface area contributed by atoms with Crippen LogP contribution in [0.15, 0.2) is 4.99 Å². The molecule has 22 heavy (non-hydrogen) atoms. The first kappa shape index (κ1) is 19.4. The minimum atomic E-state index is -0.844. The van der Waals surface area contributed by atoms with Crippen molar-refractivity contribution >= 4 is 16.8 Å². The lowest BCUT2D eigenvalue weighted by atomic mass is 10.1. The third-order valence-electron chi connectivity index (χ3n) is 3.70. The van der Waals surface area contributed by atoms with Gasteiger partial charge in [-0.15, -0.1) is 0 Å². The van der Waals surface area contributed by atoms with E-state index in [2.05, 4.69) is 22.1 Å². The van der Waals surface area contributed by atoms with Crippen LogP contribution >= 0.6 is 0 Å². The molecule has 0 bridgehead atoms. The largest absolute Gasteiger partial charge is 0.378 e. The first-order chi connectivity index (χ1) is 10.4. The number of hydrogen-bond donors (Lipinski definition) is 1. The Labute approximate surface area is 138 Å². The van der Waals surface area contributed by atoms with Crippen molar-refractivity contribution in [3.05, 3.63) is 0 Å². The number of likely N-dealkylation sites (tertiary alicyclic amines) is 1. The Balaban J connectivity index is 2.51. The van der Waals surface area contributed by atoms with Crippen LogP contribution < -0.4 is 5.32 Å². The first-order valence-electron chi connectivity index (χ1n) is 8.41. The molecular formula is C16H33N3O2S. The van der Waals surface area contributed by atoms with Gasteiger partial charge in [-0.05, 0) is 47.5 Å². The molecule has 1 N–H and O–H groups in total. The molecule has 0 amide bonds. The van der Waals surface area contributed by atoms with E-state index in [0.717, 1.165) is 45.0 Å². The maximum absolute atomic E-state index is 12.1. The zero-order chi connectivity index (χ0) is 16.6. The van der Waals surface area contributed by atoms with E-state index in [0.29, 0.717) is 18.4 Å². The van der Waals surface area contributed by atoms with Crippen molar-refractivity contribution in [2.75, 3.05) is 38.5 Å². The Morgan fingerprint density at radius 1 is 1.32 bits per heavy atom. The average molecular weight is 332 g/mol. The molecule has 0 saturated carbocycles. The summed E-state index contributed by atoms with van der Waals surface area (Å²) in [6, 6.07) is 0. The molecule has 0 radical (unpaired) electrons. The van der Waals surface area contributed by atoms with Gasteiger partial charge < -0.3 is 15.0 Å². The van der Waals surface area contributed by atoms with Gasteiger partial charge in [-0.25, -0.2) is 0 Å². The van der Waals surface area contributed by atoms with Gasteiger partial charge in [-0.1, -0.05) is 0 Å². The molecule has 1 rings (SSSR count). The summed E-state index contributed by atoms with van der Waals surface area (Å²) in [6.07, 6.45) is 2.48. The van der Waals surface area contributed by atoms with Gasteiger partial charge in [-0.2, -0.15) is 0 Å². The number of hydrogen-bond acceptors (Lipinski definition) is 3. The van der Waals surface area contributed by atoms with E-state index in [4.69, 9.17) is 4.74 Å². The number of aliphatic imine (C=N–C) groups is 1. The molecule has 1 heterocycles. The first-order valence-corrected chi connectivity index (χ1v) is 9.73. The normalized spacial score (nSPS) is 19.3.